The topological polar surface area (TPSA) is 110 Å². The molecule has 0 saturated heterocycles. The summed E-state index contributed by atoms with van der Waals surface area (Å²) >= 11 is 0. The normalized spacial score (nSPS) is 11.7. The summed E-state index contributed by atoms with van der Waals surface area (Å²) in [5, 5.41) is 8.78. The number of carboxylic acid groups (broad SMARTS) is 1. The lowest BCUT2D eigenvalue weighted by Crippen LogP contribution is -2.38. The first-order chi connectivity index (χ1) is 17.3. The van der Waals surface area contributed by atoms with Crippen LogP contribution in [0.15, 0.2) is 42.5 Å². The molecule has 0 radical (unpaired) electrons. The Labute approximate surface area is 214 Å². The number of hydrogen-bond donors (Lipinski definition) is 1. The van der Waals surface area contributed by atoms with E-state index in [4.69, 9.17) is 25.1 Å². The van der Waals surface area contributed by atoms with Crippen LogP contribution in [0.25, 0.3) is 11.0 Å². The van der Waals surface area contributed by atoms with E-state index >= 15 is 0 Å². The van der Waals surface area contributed by atoms with E-state index in [-0.39, 0.29) is 6.35 Å². The molecule has 0 aliphatic heterocycles. The van der Waals surface area contributed by atoms with Crippen LogP contribution in [-0.4, -0.2) is 43.5 Å². The van der Waals surface area contributed by atoms with Crippen LogP contribution in [0.4, 0.5) is 13.2 Å². The minimum absolute atomic E-state index is 0.274. The van der Waals surface area contributed by atoms with Gasteiger partial charge in [0.15, 0.2) is 11.0 Å². The highest BCUT2D eigenvalue weighted by atomic mass is 31.2. The molecule has 0 amide bonds. The standard InChI is InChI=1S/C23H33N3O3P.C2HF3O2/c1-5-25-21-13-12-20(28-2)15-22(21)26(23(25)16-24)14-6-7-18-8-10-19(11-9-18)29-17-30(3,4)27;3-2(4,5)1(6)7/h8-13,15H,5-7,14,16-17,24H2,1-4H3;(H,6,7)/q+1;/p-1. The van der Waals surface area contributed by atoms with E-state index < -0.39 is 19.3 Å². The van der Waals surface area contributed by atoms with E-state index in [2.05, 4.69) is 40.3 Å². The van der Waals surface area contributed by atoms with Crippen LogP contribution < -0.4 is 24.9 Å². The maximum atomic E-state index is 11.8. The van der Waals surface area contributed by atoms with Crippen molar-refractivity contribution in [3.8, 4) is 11.5 Å². The summed E-state index contributed by atoms with van der Waals surface area (Å²) in [7, 11) is -0.482. The largest absolute Gasteiger partial charge is 0.542 e. The molecular formula is C25H33F3N3O5P. The number of aliphatic carboxylic acids is 1. The van der Waals surface area contributed by atoms with Crippen molar-refractivity contribution >= 4 is 24.1 Å². The first kappa shape index (κ1) is 30.2. The van der Waals surface area contributed by atoms with Gasteiger partial charge < -0.3 is 29.7 Å². The zero-order valence-electron chi connectivity index (χ0n) is 21.4. The molecule has 37 heavy (non-hydrogen) atoms. The predicted octanol–water partition coefficient (Wildman–Crippen LogP) is 3.31. The zero-order chi connectivity index (χ0) is 27.8. The number of carbonyl (C=O) groups excluding carboxylic acids is 1. The maximum Gasteiger partial charge on any atom is 0.430 e. The number of aromatic nitrogens is 2. The second-order valence-corrected chi connectivity index (χ2v) is 12.2. The molecule has 0 spiro atoms. The summed E-state index contributed by atoms with van der Waals surface area (Å²) < 4.78 is 59.0. The lowest BCUT2D eigenvalue weighted by atomic mass is 10.1. The highest BCUT2D eigenvalue weighted by molar-refractivity contribution is 7.62. The summed E-state index contributed by atoms with van der Waals surface area (Å²) in [6.07, 6.45) is -2.97. The van der Waals surface area contributed by atoms with Gasteiger partial charge in [-0.1, -0.05) is 12.1 Å². The minimum Gasteiger partial charge on any atom is -0.542 e. The summed E-state index contributed by atoms with van der Waals surface area (Å²) in [4.78, 5) is 8.78. The second kappa shape index (κ2) is 13.0. The number of nitrogens with two attached hydrogens (primary N) is 1. The van der Waals surface area contributed by atoms with Gasteiger partial charge in [0.1, 0.15) is 31.0 Å². The van der Waals surface area contributed by atoms with Crippen molar-refractivity contribution in [1.82, 2.24) is 4.57 Å². The fourth-order valence-electron chi connectivity index (χ4n) is 3.74. The molecule has 1 heterocycles. The van der Waals surface area contributed by atoms with Crippen molar-refractivity contribution in [3.63, 3.8) is 0 Å². The van der Waals surface area contributed by atoms with Gasteiger partial charge in [0.2, 0.25) is 0 Å². The maximum absolute atomic E-state index is 11.8. The number of hydrogen-bond acceptors (Lipinski definition) is 6. The van der Waals surface area contributed by atoms with Gasteiger partial charge in [-0.25, -0.2) is 9.13 Å². The van der Waals surface area contributed by atoms with E-state index in [1.54, 1.807) is 20.4 Å². The number of alkyl halides is 3. The number of ether oxygens (including phenoxy) is 2. The lowest BCUT2D eigenvalue weighted by Gasteiger charge is -2.10. The Morgan fingerprint density at radius 2 is 1.73 bits per heavy atom. The molecule has 12 heteroatoms. The third kappa shape index (κ3) is 8.79. The van der Waals surface area contributed by atoms with Crippen molar-refractivity contribution < 1.29 is 41.7 Å². The van der Waals surface area contributed by atoms with Crippen molar-refractivity contribution in [3.05, 3.63) is 53.9 Å². The molecule has 0 saturated carbocycles. The number of methoxy groups -OCH3 is 1. The zero-order valence-corrected chi connectivity index (χ0v) is 22.3. The van der Waals surface area contributed by atoms with E-state index in [0.29, 0.717) is 6.54 Å². The predicted molar refractivity (Wildman–Crippen MR) is 133 cm³/mol. The molecule has 0 aliphatic carbocycles. The molecule has 3 rings (SSSR count). The second-order valence-electron chi connectivity index (χ2n) is 8.75. The Hall–Kier alpha value is -3.04. The van der Waals surface area contributed by atoms with Crippen LogP contribution in [0.5, 0.6) is 11.5 Å². The van der Waals surface area contributed by atoms with E-state index in [0.717, 1.165) is 48.8 Å². The van der Waals surface area contributed by atoms with Crippen molar-refractivity contribution in [2.45, 2.75) is 45.6 Å². The Morgan fingerprint density at radius 3 is 2.22 bits per heavy atom. The third-order valence-electron chi connectivity index (χ3n) is 5.43. The summed E-state index contributed by atoms with van der Waals surface area (Å²) in [5.74, 6) is -0.256. The smallest absolute Gasteiger partial charge is 0.430 e. The van der Waals surface area contributed by atoms with Crippen LogP contribution in [0.1, 0.15) is 24.7 Å². The van der Waals surface area contributed by atoms with Crippen LogP contribution in [0, 0.1) is 0 Å². The number of halogens is 3. The monoisotopic (exact) mass is 543 g/mol. The van der Waals surface area contributed by atoms with Gasteiger partial charge >= 0.3 is 6.18 Å². The van der Waals surface area contributed by atoms with E-state index in [1.165, 1.54) is 11.1 Å². The molecule has 0 fully saturated rings. The quantitative estimate of drug-likeness (QED) is 0.310. The number of aryl methyl sites for hydroxylation is 3. The first-order valence-corrected chi connectivity index (χ1v) is 14.4. The highest BCUT2D eigenvalue weighted by Crippen LogP contribution is 2.35. The third-order valence-corrected chi connectivity index (χ3v) is 6.18. The van der Waals surface area contributed by atoms with Gasteiger partial charge in [-0.2, -0.15) is 13.2 Å². The number of carbonyl (C=O) groups is 1. The van der Waals surface area contributed by atoms with Crippen LogP contribution >= 0.6 is 7.14 Å². The van der Waals surface area contributed by atoms with Crippen LogP contribution in [0.2, 0.25) is 0 Å². The molecule has 3 aromatic rings. The molecule has 1 aromatic heterocycles. The molecular weight excluding hydrogens is 510 g/mol. The molecule has 204 valence electrons. The molecule has 0 aliphatic rings. The van der Waals surface area contributed by atoms with Crippen molar-refractivity contribution in [2.75, 3.05) is 26.8 Å². The summed E-state index contributed by atoms with van der Waals surface area (Å²) in [5.41, 5.74) is 9.71. The number of fused-ring (bicyclic) bond motifs is 1. The van der Waals surface area contributed by atoms with Crippen molar-refractivity contribution in [2.24, 2.45) is 5.73 Å². The Morgan fingerprint density at radius 1 is 1.14 bits per heavy atom. The molecule has 0 bridgehead atoms. The Bertz CT molecular complexity index is 1240. The molecule has 8 nitrogen and oxygen atoms in total. The number of imidazole rings is 1. The van der Waals surface area contributed by atoms with Crippen molar-refractivity contribution in [1.29, 1.82) is 0 Å². The van der Waals surface area contributed by atoms with E-state index in [9.17, 15) is 17.7 Å². The number of benzene rings is 2. The SMILES string of the molecule is CC[n+]1c(CN)n(CCCc2ccc(OCP(C)(C)=O)cc2)c2cc(OC)ccc21.O=C([O-])C(F)(F)F. The average molecular weight is 544 g/mol. The van der Waals surface area contributed by atoms with E-state index in [1.807, 2.05) is 18.2 Å². The van der Waals surface area contributed by atoms with Gasteiger partial charge in [0.05, 0.1) is 26.7 Å². The number of carboxylic acids is 1. The Kier molecular flexibility index (Phi) is 10.6. The first-order valence-electron chi connectivity index (χ1n) is 11.6. The molecule has 2 N–H and O–H groups in total. The fourth-order valence-corrected chi connectivity index (χ4v) is 4.20. The van der Waals surface area contributed by atoms with Gasteiger partial charge in [0.25, 0.3) is 5.82 Å². The minimum atomic E-state index is -5.19. The van der Waals surface area contributed by atoms with Crippen LogP contribution in [-0.2, 0) is 35.4 Å². The number of rotatable bonds is 10. The lowest BCUT2D eigenvalue weighted by molar-refractivity contribution is -0.676. The van der Waals surface area contributed by atoms with Gasteiger partial charge in [-0.05, 0) is 62.9 Å². The molecule has 0 unspecified atom stereocenters. The van der Waals surface area contributed by atoms with Crippen LogP contribution in [0.3, 0.4) is 0 Å². The van der Waals surface area contributed by atoms with Gasteiger partial charge in [-0.15, -0.1) is 0 Å². The van der Waals surface area contributed by atoms with Gasteiger partial charge in [-0.3, -0.25) is 0 Å². The summed E-state index contributed by atoms with van der Waals surface area (Å²) in [6.45, 7) is 7.88. The average Bonchev–Trinajstić information content (AvgIpc) is 3.14. The fraction of sp³-hybridized carbons (Fsp3) is 0.440. The molecule has 0 atom stereocenters. The van der Waals surface area contributed by atoms with Gasteiger partial charge in [0, 0.05) is 6.07 Å². The molecule has 2 aromatic carbocycles. The Balaban J connectivity index is 0.000000604. The summed E-state index contributed by atoms with van der Waals surface area (Å²) in [6, 6.07) is 14.3. The highest BCUT2D eigenvalue weighted by Gasteiger charge is 2.29. The number of nitrogens with zero attached hydrogens (tertiary/aromatic N) is 2.